The van der Waals surface area contributed by atoms with Gasteiger partial charge >= 0.3 is 5.97 Å². The van der Waals surface area contributed by atoms with Crippen LogP contribution in [0.1, 0.15) is 38.2 Å². The van der Waals surface area contributed by atoms with Crippen LogP contribution in [0, 0.1) is 18.8 Å². The predicted molar refractivity (Wildman–Crippen MR) is 82.3 cm³/mol. The van der Waals surface area contributed by atoms with Crippen molar-refractivity contribution < 1.29 is 14.7 Å². The van der Waals surface area contributed by atoms with E-state index in [1.54, 1.807) is 4.90 Å². The van der Waals surface area contributed by atoms with Gasteiger partial charge in [-0.05, 0) is 44.4 Å². The van der Waals surface area contributed by atoms with Gasteiger partial charge in [0.2, 0.25) is 5.91 Å². The largest absolute Gasteiger partial charge is 0.481 e. The summed E-state index contributed by atoms with van der Waals surface area (Å²) in [5, 5.41) is 9.36. The topological polar surface area (TPSA) is 57.6 Å². The average molecular weight is 289 g/mol. The molecule has 0 radical (unpaired) electrons. The summed E-state index contributed by atoms with van der Waals surface area (Å²) in [6, 6.07) is 7.80. The number of aryl methyl sites for hydroxylation is 1. The first-order valence-electron chi connectivity index (χ1n) is 7.65. The van der Waals surface area contributed by atoms with Crippen LogP contribution >= 0.6 is 0 Å². The van der Waals surface area contributed by atoms with Crippen LogP contribution in [0.5, 0.6) is 0 Å². The lowest BCUT2D eigenvalue weighted by atomic mass is 9.78. The molecule has 4 nitrogen and oxygen atoms in total. The lowest BCUT2D eigenvalue weighted by molar-refractivity contribution is -0.148. The summed E-state index contributed by atoms with van der Waals surface area (Å²) < 4.78 is 0. The molecule has 1 aliphatic carbocycles. The number of aliphatic carboxylic acids is 1. The van der Waals surface area contributed by atoms with E-state index in [1.807, 2.05) is 38.1 Å². The fraction of sp³-hybridized carbons (Fsp3) is 0.529. The van der Waals surface area contributed by atoms with Gasteiger partial charge in [-0.1, -0.05) is 25.0 Å². The Balaban J connectivity index is 2.24. The van der Waals surface area contributed by atoms with Crippen molar-refractivity contribution in [3.05, 3.63) is 29.8 Å². The minimum Gasteiger partial charge on any atom is -0.481 e. The van der Waals surface area contributed by atoms with Crippen LogP contribution in [0.4, 0.5) is 5.69 Å². The number of amides is 1. The predicted octanol–water partition coefficient (Wildman–Crippen LogP) is 3.24. The number of rotatable bonds is 4. The van der Waals surface area contributed by atoms with Crippen molar-refractivity contribution >= 4 is 17.6 Å². The number of hydrogen-bond donors (Lipinski definition) is 1. The Bertz CT molecular complexity index is 527. The molecule has 2 atom stereocenters. The van der Waals surface area contributed by atoms with Crippen LogP contribution in [0.3, 0.4) is 0 Å². The van der Waals surface area contributed by atoms with Crippen molar-refractivity contribution in [2.24, 2.45) is 11.8 Å². The molecule has 0 aromatic heterocycles. The molecule has 1 saturated carbocycles. The molecule has 2 rings (SSSR count). The Morgan fingerprint density at radius 1 is 1.24 bits per heavy atom. The third-order valence-electron chi connectivity index (χ3n) is 4.30. The highest BCUT2D eigenvalue weighted by Gasteiger charge is 2.37. The quantitative estimate of drug-likeness (QED) is 0.925. The first kappa shape index (κ1) is 15.5. The first-order valence-corrected chi connectivity index (χ1v) is 7.65. The molecule has 21 heavy (non-hydrogen) atoms. The minimum atomic E-state index is -0.839. The Labute approximate surface area is 125 Å². The van der Waals surface area contributed by atoms with E-state index in [0.29, 0.717) is 19.4 Å². The van der Waals surface area contributed by atoms with Gasteiger partial charge in [0.15, 0.2) is 0 Å². The summed E-state index contributed by atoms with van der Waals surface area (Å²) in [6.45, 7) is 4.48. The maximum absolute atomic E-state index is 12.8. The molecule has 1 fully saturated rings. The van der Waals surface area contributed by atoms with E-state index in [1.165, 1.54) is 0 Å². The van der Waals surface area contributed by atoms with E-state index in [2.05, 4.69) is 0 Å². The molecular formula is C17H23NO3. The van der Waals surface area contributed by atoms with Crippen LogP contribution in [-0.2, 0) is 9.59 Å². The summed E-state index contributed by atoms with van der Waals surface area (Å²) in [5.74, 6) is -1.81. The van der Waals surface area contributed by atoms with Crippen LogP contribution in [0.15, 0.2) is 24.3 Å². The third-order valence-corrected chi connectivity index (χ3v) is 4.30. The molecule has 1 aromatic carbocycles. The molecule has 0 spiro atoms. The maximum Gasteiger partial charge on any atom is 0.307 e. The van der Waals surface area contributed by atoms with Crippen molar-refractivity contribution in [3.8, 4) is 0 Å². The summed E-state index contributed by atoms with van der Waals surface area (Å²) in [5.41, 5.74) is 1.95. The molecule has 1 N–H and O–H groups in total. The number of hydrogen-bond acceptors (Lipinski definition) is 2. The summed E-state index contributed by atoms with van der Waals surface area (Å²) >= 11 is 0. The fourth-order valence-electron chi connectivity index (χ4n) is 3.18. The summed E-state index contributed by atoms with van der Waals surface area (Å²) in [7, 11) is 0. The molecule has 4 heteroatoms. The maximum atomic E-state index is 12.8. The minimum absolute atomic E-state index is 0.0461. The molecule has 0 bridgehead atoms. The Morgan fingerprint density at radius 2 is 1.90 bits per heavy atom. The third kappa shape index (κ3) is 3.43. The van der Waals surface area contributed by atoms with Gasteiger partial charge in [0.25, 0.3) is 0 Å². The highest BCUT2D eigenvalue weighted by atomic mass is 16.4. The van der Waals surface area contributed by atoms with E-state index in [0.717, 1.165) is 24.1 Å². The Hall–Kier alpha value is -1.84. The number of benzene rings is 1. The van der Waals surface area contributed by atoms with E-state index in [9.17, 15) is 14.7 Å². The van der Waals surface area contributed by atoms with Gasteiger partial charge in [0.1, 0.15) is 0 Å². The first-order chi connectivity index (χ1) is 10.0. The summed E-state index contributed by atoms with van der Waals surface area (Å²) in [6.07, 6.45) is 3.12. The molecule has 0 aliphatic heterocycles. The van der Waals surface area contributed by atoms with Crippen molar-refractivity contribution in [2.75, 3.05) is 11.4 Å². The van der Waals surface area contributed by atoms with Crippen molar-refractivity contribution in [1.29, 1.82) is 0 Å². The van der Waals surface area contributed by atoms with Gasteiger partial charge in [0.05, 0.1) is 11.8 Å². The second-order valence-corrected chi connectivity index (χ2v) is 5.76. The van der Waals surface area contributed by atoms with E-state index >= 15 is 0 Å². The van der Waals surface area contributed by atoms with Crippen molar-refractivity contribution in [1.82, 2.24) is 0 Å². The molecule has 2 unspecified atom stereocenters. The number of carboxylic acids is 1. The van der Waals surface area contributed by atoms with Crippen molar-refractivity contribution in [3.63, 3.8) is 0 Å². The standard InChI is InChI=1S/C17H23NO3/c1-3-18(13-8-6-7-12(2)11-13)16(19)14-9-4-5-10-15(14)17(20)21/h6-8,11,14-15H,3-5,9-10H2,1-2H3,(H,20,21). The van der Waals surface area contributed by atoms with E-state index < -0.39 is 17.8 Å². The monoisotopic (exact) mass is 289 g/mol. The number of carboxylic acid groups (broad SMARTS) is 1. The molecule has 0 heterocycles. The lowest BCUT2D eigenvalue weighted by Gasteiger charge is -2.32. The van der Waals surface area contributed by atoms with Crippen LogP contribution in [0.2, 0.25) is 0 Å². The molecule has 1 aromatic rings. The smallest absolute Gasteiger partial charge is 0.307 e. The number of carbonyl (C=O) groups is 2. The normalized spacial score (nSPS) is 21.8. The number of carbonyl (C=O) groups excluding carboxylic acids is 1. The second kappa shape index (κ2) is 6.74. The lowest BCUT2D eigenvalue weighted by Crippen LogP contribution is -2.42. The van der Waals surface area contributed by atoms with Crippen molar-refractivity contribution in [2.45, 2.75) is 39.5 Å². The van der Waals surface area contributed by atoms with Gasteiger partial charge in [0, 0.05) is 12.2 Å². The van der Waals surface area contributed by atoms with Gasteiger partial charge < -0.3 is 10.0 Å². The van der Waals surface area contributed by atoms with E-state index in [-0.39, 0.29) is 5.91 Å². The molecule has 1 amide bonds. The van der Waals surface area contributed by atoms with Gasteiger partial charge in [-0.3, -0.25) is 9.59 Å². The molecule has 0 saturated heterocycles. The molecular weight excluding hydrogens is 266 g/mol. The Kier molecular flexibility index (Phi) is 4.99. The van der Waals surface area contributed by atoms with Crippen LogP contribution < -0.4 is 4.90 Å². The highest BCUT2D eigenvalue weighted by molar-refractivity contribution is 5.97. The van der Waals surface area contributed by atoms with Crippen LogP contribution in [0.25, 0.3) is 0 Å². The zero-order chi connectivity index (χ0) is 15.4. The zero-order valence-corrected chi connectivity index (χ0v) is 12.7. The number of anilines is 1. The Morgan fingerprint density at radius 3 is 2.48 bits per heavy atom. The van der Waals surface area contributed by atoms with Crippen LogP contribution in [-0.4, -0.2) is 23.5 Å². The average Bonchev–Trinajstić information content (AvgIpc) is 2.48. The number of nitrogens with zero attached hydrogens (tertiary/aromatic N) is 1. The van der Waals surface area contributed by atoms with E-state index in [4.69, 9.17) is 0 Å². The fourth-order valence-corrected chi connectivity index (χ4v) is 3.18. The SMILES string of the molecule is CCN(C(=O)C1CCCCC1C(=O)O)c1cccc(C)c1. The molecule has 1 aliphatic rings. The summed E-state index contributed by atoms with van der Waals surface area (Å²) in [4.78, 5) is 25.9. The van der Waals surface area contributed by atoms with Gasteiger partial charge in [-0.2, -0.15) is 0 Å². The van der Waals surface area contributed by atoms with Gasteiger partial charge in [-0.15, -0.1) is 0 Å². The zero-order valence-electron chi connectivity index (χ0n) is 12.7. The molecule has 114 valence electrons. The second-order valence-electron chi connectivity index (χ2n) is 5.76. The van der Waals surface area contributed by atoms with Gasteiger partial charge in [-0.25, -0.2) is 0 Å². The highest BCUT2D eigenvalue weighted by Crippen LogP contribution is 2.33.